The zero-order valence-corrected chi connectivity index (χ0v) is 11.0. The molecule has 1 aliphatic heterocycles. The van der Waals surface area contributed by atoms with Gasteiger partial charge in [-0.3, -0.25) is 9.59 Å². The van der Waals surface area contributed by atoms with Gasteiger partial charge in [-0.05, 0) is 32.1 Å². The molecule has 1 saturated heterocycles. The Hall–Kier alpha value is -1.27. The number of halogens is 3. The highest BCUT2D eigenvalue weighted by Gasteiger charge is 2.44. The van der Waals surface area contributed by atoms with E-state index >= 15 is 0 Å². The zero-order valence-electron chi connectivity index (χ0n) is 11.0. The van der Waals surface area contributed by atoms with E-state index in [-0.39, 0.29) is 25.3 Å². The van der Waals surface area contributed by atoms with Crippen molar-refractivity contribution in [3.05, 3.63) is 0 Å². The fourth-order valence-electron chi connectivity index (χ4n) is 3.13. The van der Waals surface area contributed by atoms with E-state index in [1.165, 1.54) is 4.90 Å². The monoisotopic (exact) mass is 293 g/mol. The van der Waals surface area contributed by atoms with Crippen LogP contribution in [0.25, 0.3) is 0 Å². The van der Waals surface area contributed by atoms with Gasteiger partial charge in [0.05, 0.1) is 11.8 Å². The van der Waals surface area contributed by atoms with E-state index in [1.807, 2.05) is 0 Å². The van der Waals surface area contributed by atoms with Crippen LogP contribution in [0.3, 0.4) is 0 Å². The lowest BCUT2D eigenvalue weighted by Gasteiger charge is -2.35. The van der Waals surface area contributed by atoms with Crippen LogP contribution in [0.4, 0.5) is 13.2 Å². The summed E-state index contributed by atoms with van der Waals surface area (Å²) in [6, 6.07) is 0. The molecule has 114 valence electrons. The number of aliphatic carboxylic acids is 1. The Balaban J connectivity index is 1.94. The summed E-state index contributed by atoms with van der Waals surface area (Å²) in [4.78, 5) is 24.3. The van der Waals surface area contributed by atoms with Crippen molar-refractivity contribution >= 4 is 11.9 Å². The van der Waals surface area contributed by atoms with Crippen LogP contribution in [0.2, 0.25) is 0 Å². The molecule has 20 heavy (non-hydrogen) atoms. The summed E-state index contributed by atoms with van der Waals surface area (Å²) < 4.78 is 38.1. The number of amides is 1. The van der Waals surface area contributed by atoms with Gasteiger partial charge in [-0.1, -0.05) is 0 Å². The summed E-state index contributed by atoms with van der Waals surface area (Å²) in [7, 11) is 0. The topological polar surface area (TPSA) is 57.6 Å². The van der Waals surface area contributed by atoms with Crippen LogP contribution in [-0.4, -0.2) is 41.1 Å². The predicted molar refractivity (Wildman–Crippen MR) is 63.8 cm³/mol. The minimum absolute atomic E-state index is 0.0652. The molecule has 0 spiro atoms. The zero-order chi connectivity index (χ0) is 14.9. The summed E-state index contributed by atoms with van der Waals surface area (Å²) in [5.74, 6) is -3.64. The fraction of sp³-hybridized carbons (Fsp3) is 0.846. The fourth-order valence-corrected chi connectivity index (χ4v) is 3.13. The van der Waals surface area contributed by atoms with Gasteiger partial charge < -0.3 is 10.0 Å². The number of hydrogen-bond donors (Lipinski definition) is 1. The normalized spacial score (nSPS) is 31.4. The molecule has 1 aliphatic carbocycles. The van der Waals surface area contributed by atoms with Crippen LogP contribution in [0, 0.1) is 17.8 Å². The van der Waals surface area contributed by atoms with E-state index in [9.17, 15) is 22.8 Å². The number of piperidine rings is 1. The molecule has 1 N–H and O–H groups in total. The van der Waals surface area contributed by atoms with Crippen molar-refractivity contribution in [1.29, 1.82) is 0 Å². The minimum atomic E-state index is -4.27. The first kappa shape index (κ1) is 15.1. The molecule has 1 amide bonds. The number of carboxylic acids is 1. The molecular weight excluding hydrogens is 275 g/mol. The van der Waals surface area contributed by atoms with Crippen molar-refractivity contribution in [1.82, 2.24) is 4.90 Å². The minimum Gasteiger partial charge on any atom is -0.481 e. The van der Waals surface area contributed by atoms with Gasteiger partial charge in [-0.2, -0.15) is 13.2 Å². The van der Waals surface area contributed by atoms with Crippen LogP contribution in [-0.2, 0) is 9.59 Å². The second-order valence-electron chi connectivity index (χ2n) is 5.71. The predicted octanol–water partition coefficient (Wildman–Crippen LogP) is 2.29. The summed E-state index contributed by atoms with van der Waals surface area (Å²) in [5, 5.41) is 8.90. The Morgan fingerprint density at radius 2 is 1.75 bits per heavy atom. The third-order valence-electron chi connectivity index (χ3n) is 4.33. The average molecular weight is 293 g/mol. The molecule has 0 aromatic rings. The number of carboxylic acid groups (broad SMARTS) is 1. The third-order valence-corrected chi connectivity index (χ3v) is 4.33. The van der Waals surface area contributed by atoms with Crippen molar-refractivity contribution in [2.75, 3.05) is 13.1 Å². The molecule has 1 unspecified atom stereocenters. The molecule has 0 aromatic carbocycles. The highest BCUT2D eigenvalue weighted by molar-refractivity contribution is 5.81. The quantitative estimate of drug-likeness (QED) is 0.850. The Morgan fingerprint density at radius 1 is 1.10 bits per heavy atom. The van der Waals surface area contributed by atoms with Crippen molar-refractivity contribution in [2.24, 2.45) is 17.8 Å². The molecule has 0 radical (unpaired) electrons. The lowest BCUT2D eigenvalue weighted by Crippen LogP contribution is -2.46. The molecule has 2 fully saturated rings. The maximum atomic E-state index is 12.7. The summed E-state index contributed by atoms with van der Waals surface area (Å²) in [5.41, 5.74) is 0. The SMILES string of the molecule is O=C(O)[C@H]1CC[C@@H](C(=O)N2CCCC(C(F)(F)F)C2)C1. The van der Waals surface area contributed by atoms with Gasteiger partial charge in [0.15, 0.2) is 0 Å². The van der Waals surface area contributed by atoms with Gasteiger partial charge in [0, 0.05) is 19.0 Å². The molecule has 1 heterocycles. The molecule has 2 aliphatic rings. The van der Waals surface area contributed by atoms with Gasteiger partial charge in [0.1, 0.15) is 0 Å². The maximum Gasteiger partial charge on any atom is 0.393 e. The van der Waals surface area contributed by atoms with Crippen molar-refractivity contribution in [3.8, 4) is 0 Å². The first-order valence-electron chi connectivity index (χ1n) is 6.87. The summed E-state index contributed by atoms with van der Waals surface area (Å²) in [6.45, 7) is 0.0657. The molecule has 1 saturated carbocycles. The number of rotatable bonds is 2. The molecule has 3 atom stereocenters. The highest BCUT2D eigenvalue weighted by Crippen LogP contribution is 2.36. The largest absolute Gasteiger partial charge is 0.481 e. The van der Waals surface area contributed by atoms with Crippen LogP contribution in [0.5, 0.6) is 0 Å². The second-order valence-corrected chi connectivity index (χ2v) is 5.71. The van der Waals surface area contributed by atoms with Crippen LogP contribution in [0.1, 0.15) is 32.1 Å². The van der Waals surface area contributed by atoms with Gasteiger partial charge in [0.25, 0.3) is 0 Å². The van der Waals surface area contributed by atoms with E-state index in [0.29, 0.717) is 25.8 Å². The molecule has 0 bridgehead atoms. The molecule has 7 heteroatoms. The van der Waals surface area contributed by atoms with Gasteiger partial charge in [0.2, 0.25) is 5.91 Å². The third kappa shape index (κ3) is 3.24. The molecule has 0 aromatic heterocycles. The number of carbonyl (C=O) groups is 2. The Kier molecular flexibility index (Phi) is 4.25. The second kappa shape index (κ2) is 5.61. The van der Waals surface area contributed by atoms with Gasteiger partial charge in [-0.25, -0.2) is 0 Å². The molecular formula is C13H18F3NO3. The smallest absolute Gasteiger partial charge is 0.393 e. The summed E-state index contributed by atoms with van der Waals surface area (Å²) >= 11 is 0. The number of likely N-dealkylation sites (tertiary alicyclic amines) is 1. The highest BCUT2D eigenvalue weighted by atomic mass is 19.4. The van der Waals surface area contributed by atoms with Crippen LogP contribution in [0.15, 0.2) is 0 Å². The van der Waals surface area contributed by atoms with E-state index in [1.54, 1.807) is 0 Å². The van der Waals surface area contributed by atoms with Crippen molar-refractivity contribution in [3.63, 3.8) is 0 Å². The van der Waals surface area contributed by atoms with E-state index in [0.717, 1.165) is 0 Å². The van der Waals surface area contributed by atoms with Gasteiger partial charge in [-0.15, -0.1) is 0 Å². The van der Waals surface area contributed by atoms with Crippen molar-refractivity contribution < 1.29 is 27.9 Å². The van der Waals surface area contributed by atoms with E-state index < -0.39 is 29.9 Å². The Bertz CT molecular complexity index is 397. The maximum absolute atomic E-state index is 12.7. The average Bonchev–Trinajstić information content (AvgIpc) is 2.87. The molecule has 2 rings (SSSR count). The van der Waals surface area contributed by atoms with Crippen LogP contribution >= 0.6 is 0 Å². The lowest BCUT2D eigenvalue weighted by atomic mass is 9.95. The van der Waals surface area contributed by atoms with E-state index in [4.69, 9.17) is 5.11 Å². The first-order valence-corrected chi connectivity index (χ1v) is 6.87. The van der Waals surface area contributed by atoms with Crippen LogP contribution < -0.4 is 0 Å². The number of hydrogen-bond acceptors (Lipinski definition) is 2. The number of nitrogens with zero attached hydrogens (tertiary/aromatic N) is 1. The first-order chi connectivity index (χ1) is 9.29. The Labute approximate surface area is 114 Å². The summed E-state index contributed by atoms with van der Waals surface area (Å²) in [6.07, 6.45) is -2.70. The standard InChI is InChI=1S/C13H18F3NO3/c14-13(15,16)10-2-1-5-17(7-10)11(18)8-3-4-9(6-8)12(19)20/h8-10H,1-7H2,(H,19,20)/t8-,9+,10?/m1/s1. The van der Waals surface area contributed by atoms with Gasteiger partial charge >= 0.3 is 12.1 Å². The Morgan fingerprint density at radius 3 is 2.30 bits per heavy atom. The number of carbonyl (C=O) groups excluding carboxylic acids is 1. The number of alkyl halides is 3. The van der Waals surface area contributed by atoms with E-state index in [2.05, 4.69) is 0 Å². The van der Waals surface area contributed by atoms with Crippen molar-refractivity contribution in [2.45, 2.75) is 38.3 Å². The lowest BCUT2D eigenvalue weighted by molar-refractivity contribution is -0.188. The molecule has 4 nitrogen and oxygen atoms in total.